The van der Waals surface area contributed by atoms with Crippen LogP contribution in [0.15, 0.2) is 30.3 Å². The number of aliphatic hydroxyl groups excluding tert-OH is 1. The fourth-order valence-corrected chi connectivity index (χ4v) is 6.99. The van der Waals surface area contributed by atoms with Crippen LogP contribution in [0.1, 0.15) is 60.8 Å². The number of β-amino-alcohol motifs (C(OH)–C–C–N with tert-alkyl or cyclic N) is 1. The lowest BCUT2D eigenvalue weighted by Gasteiger charge is -2.38. The average Bonchev–Trinajstić information content (AvgIpc) is 3.28. The maximum atomic E-state index is 13.8. The molecule has 3 heterocycles. The van der Waals surface area contributed by atoms with Gasteiger partial charge in [-0.25, -0.2) is 0 Å². The fourth-order valence-electron chi connectivity index (χ4n) is 6.99. The van der Waals surface area contributed by atoms with Crippen LogP contribution in [0.4, 0.5) is 5.69 Å². The Kier molecular flexibility index (Phi) is 6.29. The summed E-state index contributed by atoms with van der Waals surface area (Å²) in [6.07, 6.45) is 1.82. The molecule has 8 heteroatoms. The van der Waals surface area contributed by atoms with E-state index in [2.05, 4.69) is 31.4 Å². The van der Waals surface area contributed by atoms with Crippen molar-refractivity contribution in [2.24, 2.45) is 17.3 Å². The predicted octanol–water partition coefficient (Wildman–Crippen LogP) is 2.71. The lowest BCUT2D eigenvalue weighted by molar-refractivity contribution is -0.146. The number of fused-ring (bicyclic) bond motifs is 1. The number of para-hydroxylation sites is 1. The molecule has 8 nitrogen and oxygen atoms in total. The van der Waals surface area contributed by atoms with E-state index >= 15 is 0 Å². The van der Waals surface area contributed by atoms with Crippen LogP contribution in [0, 0.1) is 17.3 Å². The standard InChI is InChI=1S/C27H39N3O5/c1-24(2,3)16-25(4,5)29-22(33)20-27-13-12-26(6,35-27)18(19(27)23(34)30(20)14-15-31)21(32)28-17-10-8-7-9-11-17/h7-11,18-20,31H,12-16H2,1-6H3,(H,28,32)(H,29,33)/t18-,19+,20?,26+,27?/m1/s1. The Morgan fingerprint density at radius 2 is 1.77 bits per heavy atom. The molecule has 1 aromatic rings. The molecule has 3 saturated heterocycles. The van der Waals surface area contributed by atoms with Gasteiger partial charge in [0.05, 0.1) is 24.0 Å². The second-order valence-corrected chi connectivity index (χ2v) is 12.4. The second kappa shape index (κ2) is 8.59. The topological polar surface area (TPSA) is 108 Å². The van der Waals surface area contributed by atoms with Crippen molar-refractivity contribution in [3.05, 3.63) is 30.3 Å². The summed E-state index contributed by atoms with van der Waals surface area (Å²) in [6, 6.07) is 8.23. The Morgan fingerprint density at radius 3 is 2.37 bits per heavy atom. The molecule has 1 aromatic carbocycles. The molecule has 5 atom stereocenters. The van der Waals surface area contributed by atoms with Gasteiger partial charge in [-0.3, -0.25) is 14.4 Å². The number of carbonyl (C=O) groups is 3. The lowest BCUT2D eigenvalue weighted by Crippen LogP contribution is -2.59. The number of likely N-dealkylation sites (tertiary alicyclic amines) is 1. The molecule has 3 amide bonds. The Hall–Kier alpha value is -2.45. The maximum Gasteiger partial charge on any atom is 0.246 e. The monoisotopic (exact) mass is 485 g/mol. The van der Waals surface area contributed by atoms with E-state index in [0.717, 1.165) is 6.42 Å². The first-order chi connectivity index (χ1) is 16.2. The molecular weight excluding hydrogens is 446 g/mol. The Bertz CT molecular complexity index is 1000. The molecule has 1 spiro atoms. The van der Waals surface area contributed by atoms with Crippen molar-refractivity contribution >= 4 is 23.4 Å². The van der Waals surface area contributed by atoms with E-state index in [9.17, 15) is 19.5 Å². The van der Waals surface area contributed by atoms with Crippen LogP contribution in [0.25, 0.3) is 0 Å². The van der Waals surface area contributed by atoms with E-state index < -0.39 is 34.6 Å². The summed E-state index contributed by atoms with van der Waals surface area (Å²) in [5, 5.41) is 15.8. The molecule has 2 unspecified atom stereocenters. The highest BCUT2D eigenvalue weighted by atomic mass is 16.5. The number of ether oxygens (including phenoxy) is 1. The molecule has 0 radical (unpaired) electrons. The van der Waals surface area contributed by atoms with Gasteiger partial charge in [0.2, 0.25) is 17.7 Å². The average molecular weight is 486 g/mol. The van der Waals surface area contributed by atoms with E-state index in [1.54, 1.807) is 12.1 Å². The number of aliphatic hydroxyl groups is 1. The fraction of sp³-hybridized carbons (Fsp3) is 0.667. The van der Waals surface area contributed by atoms with Gasteiger partial charge in [-0.05, 0) is 57.6 Å². The zero-order chi connectivity index (χ0) is 25.8. The number of nitrogens with one attached hydrogen (secondary N) is 2. The summed E-state index contributed by atoms with van der Waals surface area (Å²) in [4.78, 5) is 42.5. The second-order valence-electron chi connectivity index (χ2n) is 12.4. The van der Waals surface area contributed by atoms with Gasteiger partial charge in [0.25, 0.3) is 0 Å². The first-order valence-corrected chi connectivity index (χ1v) is 12.5. The van der Waals surface area contributed by atoms with E-state index in [1.807, 2.05) is 39.0 Å². The van der Waals surface area contributed by atoms with Gasteiger partial charge in [-0.2, -0.15) is 0 Å². The van der Waals surface area contributed by atoms with Gasteiger partial charge in [-0.15, -0.1) is 0 Å². The maximum absolute atomic E-state index is 13.8. The van der Waals surface area contributed by atoms with Crippen molar-refractivity contribution < 1.29 is 24.2 Å². The van der Waals surface area contributed by atoms with E-state index in [0.29, 0.717) is 18.5 Å². The van der Waals surface area contributed by atoms with Crippen LogP contribution in [-0.2, 0) is 19.1 Å². The summed E-state index contributed by atoms with van der Waals surface area (Å²) in [5.74, 6) is -2.39. The summed E-state index contributed by atoms with van der Waals surface area (Å²) in [6.45, 7) is 11.9. The zero-order valence-electron chi connectivity index (χ0n) is 21.7. The summed E-state index contributed by atoms with van der Waals surface area (Å²) < 4.78 is 6.57. The SMILES string of the molecule is CC(C)(C)CC(C)(C)NC(=O)C1N(CCO)C(=O)[C@@H]2[C@H](C(=O)Nc3ccccc3)[C@]3(C)CCC12O3. The molecule has 3 aliphatic heterocycles. The van der Waals surface area contributed by atoms with Crippen molar-refractivity contribution in [3.63, 3.8) is 0 Å². The molecule has 4 rings (SSSR count). The van der Waals surface area contributed by atoms with Crippen LogP contribution >= 0.6 is 0 Å². The first-order valence-electron chi connectivity index (χ1n) is 12.5. The lowest BCUT2D eigenvalue weighted by atomic mass is 9.66. The van der Waals surface area contributed by atoms with Crippen LogP contribution in [0.5, 0.6) is 0 Å². The normalized spacial score (nSPS) is 32.0. The minimum atomic E-state index is -1.10. The highest BCUT2D eigenvalue weighted by Gasteiger charge is 2.78. The number of anilines is 1. The van der Waals surface area contributed by atoms with Gasteiger partial charge in [-0.1, -0.05) is 39.0 Å². The van der Waals surface area contributed by atoms with Crippen molar-refractivity contribution in [2.45, 2.75) is 83.6 Å². The third kappa shape index (κ3) is 4.47. The number of rotatable bonds is 7. The molecule has 192 valence electrons. The molecule has 2 bridgehead atoms. The van der Waals surface area contributed by atoms with Gasteiger partial charge in [0.15, 0.2) is 0 Å². The molecule has 0 saturated carbocycles. The minimum absolute atomic E-state index is 0.00963. The third-order valence-electron chi connectivity index (χ3n) is 7.62. The van der Waals surface area contributed by atoms with Gasteiger partial charge in [0, 0.05) is 17.8 Å². The number of amides is 3. The highest BCUT2D eigenvalue weighted by Crippen LogP contribution is 2.63. The van der Waals surface area contributed by atoms with Crippen LogP contribution < -0.4 is 10.6 Å². The molecular formula is C27H39N3O5. The Labute approximate surface area is 207 Å². The summed E-state index contributed by atoms with van der Waals surface area (Å²) in [5.41, 5.74) is -1.81. The molecule has 3 fully saturated rings. The van der Waals surface area contributed by atoms with Gasteiger partial charge >= 0.3 is 0 Å². The number of nitrogens with zero attached hydrogens (tertiary/aromatic N) is 1. The highest BCUT2D eigenvalue weighted by molar-refractivity contribution is 6.02. The molecule has 3 N–H and O–H groups in total. The third-order valence-corrected chi connectivity index (χ3v) is 7.62. The van der Waals surface area contributed by atoms with Crippen LogP contribution in [-0.4, -0.2) is 63.7 Å². The van der Waals surface area contributed by atoms with E-state index in [1.165, 1.54) is 4.90 Å². The molecule has 3 aliphatic rings. The first kappa shape index (κ1) is 25.6. The number of hydrogen-bond acceptors (Lipinski definition) is 5. The largest absolute Gasteiger partial charge is 0.395 e. The minimum Gasteiger partial charge on any atom is -0.395 e. The van der Waals surface area contributed by atoms with Crippen molar-refractivity contribution in [2.75, 3.05) is 18.5 Å². The number of benzene rings is 1. The summed E-state index contributed by atoms with van der Waals surface area (Å²) in [7, 11) is 0. The van der Waals surface area contributed by atoms with Crippen molar-refractivity contribution in [3.8, 4) is 0 Å². The molecule has 0 aliphatic carbocycles. The Balaban J connectivity index is 1.67. The van der Waals surface area contributed by atoms with E-state index in [-0.39, 0.29) is 36.3 Å². The zero-order valence-corrected chi connectivity index (χ0v) is 21.7. The van der Waals surface area contributed by atoms with E-state index in [4.69, 9.17) is 4.74 Å². The number of hydrogen-bond donors (Lipinski definition) is 3. The predicted molar refractivity (Wildman–Crippen MR) is 132 cm³/mol. The van der Waals surface area contributed by atoms with Crippen LogP contribution in [0.3, 0.4) is 0 Å². The van der Waals surface area contributed by atoms with Crippen molar-refractivity contribution in [1.29, 1.82) is 0 Å². The van der Waals surface area contributed by atoms with Crippen molar-refractivity contribution in [1.82, 2.24) is 10.2 Å². The molecule has 35 heavy (non-hydrogen) atoms. The quantitative estimate of drug-likeness (QED) is 0.550. The molecule has 0 aromatic heterocycles. The van der Waals surface area contributed by atoms with Gasteiger partial charge < -0.3 is 25.4 Å². The van der Waals surface area contributed by atoms with Crippen LogP contribution in [0.2, 0.25) is 0 Å². The Morgan fingerprint density at radius 1 is 1.11 bits per heavy atom. The smallest absolute Gasteiger partial charge is 0.246 e. The van der Waals surface area contributed by atoms with Gasteiger partial charge in [0.1, 0.15) is 11.6 Å². The summed E-state index contributed by atoms with van der Waals surface area (Å²) >= 11 is 0. The number of carbonyl (C=O) groups excluding carboxylic acids is 3.